The average molecular weight is 219 g/mol. The second kappa shape index (κ2) is 3.90. The molecule has 0 radical (unpaired) electrons. The van der Waals surface area contributed by atoms with Gasteiger partial charge in [0.05, 0.1) is 11.5 Å². The highest BCUT2D eigenvalue weighted by molar-refractivity contribution is 6.00. The predicted octanol–water partition coefficient (Wildman–Crippen LogP) is 1.21. The van der Waals surface area contributed by atoms with E-state index < -0.39 is 67.6 Å². The molecule has 0 unspecified atom stereocenters. The lowest BCUT2D eigenvalue weighted by atomic mass is 10.1. The summed E-state index contributed by atoms with van der Waals surface area (Å²) in [4.78, 5) is 12.8. The van der Waals surface area contributed by atoms with E-state index in [-0.39, 0.29) is 0 Å². The summed E-state index contributed by atoms with van der Waals surface area (Å²) in [5.41, 5.74) is -1.08. The third kappa shape index (κ3) is 1.80. The number of ether oxygens (including phenoxy) is 2. The minimum absolute atomic E-state index is 0.639. The van der Waals surface area contributed by atoms with E-state index in [9.17, 15) is 4.79 Å². The van der Waals surface area contributed by atoms with Gasteiger partial charge in [0.2, 0.25) is 6.75 Å². The molecule has 0 bridgehead atoms. The van der Waals surface area contributed by atoms with E-state index >= 15 is 0 Å². The fourth-order valence-corrected chi connectivity index (χ4v) is 0.921. The molecular weight excluding hydrogens is 194 g/mol. The molecule has 1 aliphatic heterocycles. The van der Waals surface area contributed by atoms with Gasteiger partial charge in [-0.1, -0.05) is 0 Å². The van der Waals surface area contributed by atoms with E-state index in [1.165, 1.54) is 5.32 Å². The first kappa shape index (κ1) is 2.98. The number of rotatable bonds is 3. The standard InChI is InChI=1S/C11H13NO3/c1-7(12-2)11(13)8-3-4-9-10(5-8)15-6-14-9/h3-5,7,12H,6H2,1-2H3/t7-/m0/s1/i1D3,2D3,3D,4D,5D,6D2,7D. The van der Waals surface area contributed by atoms with Gasteiger partial charge in [-0.3, -0.25) is 4.79 Å². The van der Waals surface area contributed by atoms with Gasteiger partial charge in [-0.25, -0.2) is 0 Å². The number of hydrogen-bond donors (Lipinski definition) is 1. The molecule has 0 aliphatic carbocycles. The average Bonchev–Trinajstić information content (AvgIpc) is 2.78. The molecule has 15 heavy (non-hydrogen) atoms. The molecule has 1 aromatic rings. The van der Waals surface area contributed by atoms with Gasteiger partial charge in [0, 0.05) is 13.8 Å². The van der Waals surface area contributed by atoms with E-state index in [1.54, 1.807) is 0 Å². The largest absolute Gasteiger partial charge is 0.454 e. The highest BCUT2D eigenvalue weighted by Gasteiger charge is 2.18. The highest BCUT2D eigenvalue weighted by Crippen LogP contribution is 2.32. The molecule has 1 aliphatic rings. The van der Waals surface area contributed by atoms with Crippen molar-refractivity contribution in [1.29, 1.82) is 0 Å². The first-order valence-electron chi connectivity index (χ1n) is 9.77. The van der Waals surface area contributed by atoms with Crippen LogP contribution in [0.2, 0.25) is 0 Å². The Bertz CT molecular complexity index is 801. The molecule has 0 amide bonds. The quantitative estimate of drug-likeness (QED) is 0.776. The van der Waals surface area contributed by atoms with Gasteiger partial charge in [-0.05, 0) is 32.0 Å². The predicted molar refractivity (Wildman–Crippen MR) is 55.4 cm³/mol. The molecular formula is C11H13NO3. The lowest BCUT2D eigenvalue weighted by Crippen LogP contribution is -2.30. The Morgan fingerprint density at radius 2 is 2.60 bits per heavy atom. The molecule has 4 nitrogen and oxygen atoms in total. The minimum atomic E-state index is -3.52. The number of nitrogens with one attached hydrogen (secondary N) is 1. The number of benzene rings is 1. The Balaban J connectivity index is 2.71. The van der Waals surface area contributed by atoms with Crippen molar-refractivity contribution < 1.29 is 30.7 Å². The zero-order valence-corrected chi connectivity index (χ0v) is 7.22. The number of Topliss-reactive ketones (excluding diaryl/α,β-unsaturated/α-hetero) is 1. The van der Waals surface area contributed by atoms with Crippen molar-refractivity contribution in [3.8, 4) is 11.5 Å². The highest BCUT2D eigenvalue weighted by atomic mass is 16.7. The summed E-state index contributed by atoms with van der Waals surface area (Å²) in [6, 6.07) is -6.38. The summed E-state index contributed by atoms with van der Waals surface area (Å²) in [6.07, 6.45) is 0. The van der Waals surface area contributed by atoms with Crippen molar-refractivity contribution in [3.05, 3.63) is 23.7 Å². The Morgan fingerprint density at radius 1 is 1.73 bits per heavy atom. The first-order valence-corrected chi connectivity index (χ1v) is 3.77. The fourth-order valence-electron chi connectivity index (χ4n) is 0.921. The summed E-state index contributed by atoms with van der Waals surface area (Å²) < 4.78 is 99.1. The maximum Gasteiger partial charge on any atom is 0.231 e. The van der Waals surface area contributed by atoms with Crippen LogP contribution in [0.4, 0.5) is 0 Å². The Kier molecular flexibility index (Phi) is 0.775. The number of hydrogen-bond acceptors (Lipinski definition) is 4. The Labute approximate surface area is 105 Å². The zero-order chi connectivity index (χ0) is 21.2. The van der Waals surface area contributed by atoms with Crippen molar-refractivity contribution in [2.24, 2.45) is 0 Å². The Hall–Kier alpha value is -1.55. The van der Waals surface area contributed by atoms with Crippen molar-refractivity contribution in [1.82, 2.24) is 5.32 Å². The summed E-state index contributed by atoms with van der Waals surface area (Å²) in [6.45, 7) is -9.54. The smallest absolute Gasteiger partial charge is 0.231 e. The molecule has 4 heteroatoms. The molecule has 0 saturated heterocycles. The number of likely N-dealkylation sites (N-methyl/N-ethyl adjacent to an activating group) is 1. The maximum atomic E-state index is 12.8. The number of fused-ring (bicyclic) bond motifs is 1. The summed E-state index contributed by atoms with van der Waals surface area (Å²) in [7, 11) is 0. The molecule has 0 fully saturated rings. The van der Waals surface area contributed by atoms with Crippen LogP contribution in [0.1, 0.15) is 33.7 Å². The molecule has 0 saturated carbocycles. The van der Waals surface area contributed by atoms with E-state index in [1.807, 2.05) is 0 Å². The minimum Gasteiger partial charge on any atom is -0.454 e. The molecule has 1 heterocycles. The first-order chi connectivity index (χ1) is 11.9. The fraction of sp³-hybridized carbons (Fsp3) is 0.364. The van der Waals surface area contributed by atoms with Crippen molar-refractivity contribution in [2.45, 2.75) is 12.9 Å². The van der Waals surface area contributed by atoms with Crippen LogP contribution in [0.15, 0.2) is 18.1 Å². The SMILES string of the molecule is [2H]c1c([2H])c(C(=O)[C@@]([2H])(NC([2H])([2H])[2H])C([2H])([2H])[2H])c([2H])c2c1OC([2H])([2H])O2. The van der Waals surface area contributed by atoms with Crippen LogP contribution >= 0.6 is 0 Å². The Morgan fingerprint density at radius 3 is 3.40 bits per heavy atom. The second-order valence-corrected chi connectivity index (χ2v) is 2.52. The van der Waals surface area contributed by atoms with Gasteiger partial charge in [-0.2, -0.15) is 0 Å². The van der Waals surface area contributed by atoms with Crippen LogP contribution < -0.4 is 14.8 Å². The summed E-state index contributed by atoms with van der Waals surface area (Å²) in [5.74, 6) is -3.15. The molecule has 2 rings (SSSR count). The van der Waals surface area contributed by atoms with Crippen molar-refractivity contribution in [3.63, 3.8) is 0 Å². The van der Waals surface area contributed by atoms with Crippen LogP contribution in [0.25, 0.3) is 0 Å². The van der Waals surface area contributed by atoms with E-state index in [4.69, 9.17) is 16.4 Å². The lowest BCUT2D eigenvalue weighted by Gasteiger charge is -2.09. The van der Waals surface area contributed by atoms with E-state index in [0.29, 0.717) is 0 Å². The maximum absolute atomic E-state index is 12.8. The second-order valence-electron chi connectivity index (χ2n) is 2.52. The lowest BCUT2D eigenvalue weighted by molar-refractivity contribution is 0.0954. The third-order valence-electron chi connectivity index (χ3n) is 1.61. The van der Waals surface area contributed by atoms with Gasteiger partial charge in [0.1, 0.15) is 2.74 Å². The van der Waals surface area contributed by atoms with E-state index in [0.717, 1.165) is 0 Å². The molecule has 80 valence electrons. The van der Waals surface area contributed by atoms with Gasteiger partial charge >= 0.3 is 0 Å². The van der Waals surface area contributed by atoms with Gasteiger partial charge in [-0.15, -0.1) is 0 Å². The number of carbonyl (C=O) groups excluding carboxylic acids is 1. The van der Waals surface area contributed by atoms with E-state index in [2.05, 4.69) is 9.47 Å². The van der Waals surface area contributed by atoms with Gasteiger partial charge in [0.15, 0.2) is 17.3 Å². The molecule has 0 aromatic heterocycles. The van der Waals surface area contributed by atoms with Crippen LogP contribution in [-0.2, 0) is 0 Å². The van der Waals surface area contributed by atoms with Crippen molar-refractivity contribution >= 4 is 5.78 Å². The number of carbonyl (C=O) groups is 1. The normalized spacial score (nSPS) is 33.9. The topological polar surface area (TPSA) is 47.6 Å². The summed E-state index contributed by atoms with van der Waals surface area (Å²) >= 11 is 0. The van der Waals surface area contributed by atoms with Gasteiger partial charge in [0.25, 0.3) is 0 Å². The van der Waals surface area contributed by atoms with Gasteiger partial charge < -0.3 is 14.8 Å². The molecule has 1 atom stereocenters. The molecule has 0 spiro atoms. The zero-order valence-electron chi connectivity index (χ0n) is 19.2. The monoisotopic (exact) mass is 219 g/mol. The number of ketones is 1. The van der Waals surface area contributed by atoms with Crippen LogP contribution in [-0.4, -0.2) is 25.5 Å². The molecule has 1 N–H and O–H groups in total. The molecule has 1 aromatic carbocycles. The van der Waals surface area contributed by atoms with Crippen LogP contribution in [0.5, 0.6) is 11.5 Å². The van der Waals surface area contributed by atoms with Crippen LogP contribution in [0, 0.1) is 0 Å². The van der Waals surface area contributed by atoms with Crippen LogP contribution in [0.3, 0.4) is 0 Å². The van der Waals surface area contributed by atoms with Crippen molar-refractivity contribution in [2.75, 3.05) is 13.7 Å². The third-order valence-corrected chi connectivity index (χ3v) is 1.61. The summed E-state index contributed by atoms with van der Waals surface area (Å²) in [5, 5.41) is 1.41.